The topological polar surface area (TPSA) is 221 Å². The molecule has 3 aromatic carbocycles. The molecule has 6 aromatic rings. The Hall–Kier alpha value is -7.00. The van der Waals surface area contributed by atoms with Gasteiger partial charge in [-0.2, -0.15) is 4.98 Å². The molecule has 0 bridgehead atoms. The number of nitro groups is 1. The van der Waals surface area contributed by atoms with E-state index in [1.54, 1.807) is 6.07 Å². The highest BCUT2D eigenvalue weighted by molar-refractivity contribution is 7.90. The number of anilines is 5. The minimum Gasteiger partial charge on any atom is -0.491 e. The predicted octanol–water partition coefficient (Wildman–Crippen LogP) is 9.13. The number of nitrogens with one attached hydrogen (secondary N) is 3. The van der Waals surface area contributed by atoms with Gasteiger partial charge in [0.15, 0.2) is 0 Å². The van der Waals surface area contributed by atoms with Crippen molar-refractivity contribution in [3.05, 3.63) is 125 Å². The number of ether oxygens (including phenoxy) is 3. The molecule has 416 valence electrons. The van der Waals surface area contributed by atoms with Crippen LogP contribution in [0, 0.1) is 21.4 Å². The zero-order valence-electron chi connectivity index (χ0n) is 45.1. The number of sulfonamides is 1. The molecule has 20 heteroatoms. The summed E-state index contributed by atoms with van der Waals surface area (Å²) in [6, 6.07) is 26.1. The third-order valence-corrected chi connectivity index (χ3v) is 19.0. The van der Waals surface area contributed by atoms with Gasteiger partial charge in [-0.1, -0.05) is 18.2 Å². The summed E-state index contributed by atoms with van der Waals surface area (Å²) in [5, 5.41) is 26.8. The first kappa shape index (κ1) is 52.7. The molecule has 19 nitrogen and oxygen atoms in total. The Kier molecular flexibility index (Phi) is 14.2. The number of fused-ring (bicyclic) bond motifs is 3. The number of amides is 1. The van der Waals surface area contributed by atoms with Crippen molar-refractivity contribution in [2.45, 2.75) is 119 Å². The zero-order chi connectivity index (χ0) is 54.6. The first-order chi connectivity index (χ1) is 38.1. The minimum absolute atomic E-state index is 0.0482. The lowest BCUT2D eigenvalue weighted by molar-refractivity contribution is -0.384. The summed E-state index contributed by atoms with van der Waals surface area (Å²) >= 11 is 0. The van der Waals surface area contributed by atoms with Crippen LogP contribution in [-0.2, 0) is 14.8 Å². The van der Waals surface area contributed by atoms with Crippen LogP contribution in [0.25, 0.3) is 11.0 Å². The summed E-state index contributed by atoms with van der Waals surface area (Å²) in [7, 11) is -4.64. The van der Waals surface area contributed by atoms with E-state index in [1.807, 2.05) is 49.8 Å². The van der Waals surface area contributed by atoms with Crippen LogP contribution in [0.1, 0.15) is 101 Å². The van der Waals surface area contributed by atoms with E-state index >= 15 is 0 Å². The summed E-state index contributed by atoms with van der Waals surface area (Å²) in [5.41, 5.74) is 4.37. The van der Waals surface area contributed by atoms with Crippen LogP contribution in [0.2, 0.25) is 0 Å². The Morgan fingerprint density at radius 1 is 0.924 bits per heavy atom. The number of piperidine rings is 1. The second-order valence-corrected chi connectivity index (χ2v) is 24.9. The van der Waals surface area contributed by atoms with Crippen molar-refractivity contribution in [1.29, 1.82) is 0 Å². The standard InChI is InChI=1S/C59H70N10O9S/c1-38(2)77-53-7-5-4-6-45(53)52-36-66(41-15-22-60-23-16-41)27-28-67(52)43-33-59(34-43)20-25-65(26-21-59)42-8-10-46(49(31-42)68-48-17-29-76-37-54(48)78-57-51(68)30-40-14-24-61-55(40)63-57)56(70)64-79(74,75)44-9-11-47(50(32-44)69(72)73)62-35-39-12-18-58(3,71)19-13-39/h4-11,14-16,22-24,30-32,38-39,43,48,52,54,62,71H,12-13,17-21,25-29,33-37H2,1-3H3,(H,61,63)(H,64,70)/t39?,48-,52+,54-,58?/m0/s1. The van der Waals surface area contributed by atoms with Gasteiger partial charge >= 0.3 is 0 Å². The van der Waals surface area contributed by atoms with Crippen molar-refractivity contribution in [3.63, 3.8) is 0 Å². The van der Waals surface area contributed by atoms with Crippen LogP contribution >= 0.6 is 0 Å². The molecule has 1 amide bonds. The molecule has 3 atom stereocenters. The number of carbonyl (C=O) groups excluding carboxylic acids is 1. The van der Waals surface area contributed by atoms with E-state index in [2.05, 4.69) is 89.9 Å². The summed E-state index contributed by atoms with van der Waals surface area (Å²) in [6.45, 7) is 11.4. The van der Waals surface area contributed by atoms with Crippen LogP contribution < -0.4 is 34.2 Å². The monoisotopic (exact) mass is 1090 g/mol. The molecule has 3 aromatic heterocycles. The molecule has 3 saturated heterocycles. The fourth-order valence-electron chi connectivity index (χ4n) is 13.3. The molecule has 1 spiro atoms. The number of para-hydroxylation sites is 1. The molecule has 2 saturated carbocycles. The maximum atomic E-state index is 14.8. The molecular formula is C59H70N10O9S. The van der Waals surface area contributed by atoms with Gasteiger partial charge in [0.25, 0.3) is 21.6 Å². The van der Waals surface area contributed by atoms with Gasteiger partial charge < -0.3 is 44.3 Å². The van der Waals surface area contributed by atoms with Gasteiger partial charge in [0.2, 0.25) is 5.88 Å². The number of H-pyrrole nitrogens is 1. The lowest BCUT2D eigenvalue weighted by Crippen LogP contribution is -2.60. The van der Waals surface area contributed by atoms with E-state index in [1.165, 1.54) is 23.4 Å². The summed E-state index contributed by atoms with van der Waals surface area (Å²) in [6.07, 6.45) is 12.7. The van der Waals surface area contributed by atoms with Gasteiger partial charge in [0.05, 0.1) is 51.5 Å². The number of piperazine rings is 1. The van der Waals surface area contributed by atoms with Gasteiger partial charge in [0.1, 0.15) is 28.9 Å². The van der Waals surface area contributed by atoms with E-state index in [0.717, 1.165) is 94.1 Å². The third kappa shape index (κ3) is 10.7. The molecular weight excluding hydrogens is 1020 g/mol. The first-order valence-electron chi connectivity index (χ1n) is 28.0. The van der Waals surface area contributed by atoms with Crippen molar-refractivity contribution < 1.29 is 37.5 Å². The van der Waals surface area contributed by atoms with E-state index in [-0.39, 0.29) is 40.8 Å². The zero-order valence-corrected chi connectivity index (χ0v) is 45.9. The van der Waals surface area contributed by atoms with Crippen LogP contribution in [0.15, 0.2) is 108 Å². The Morgan fingerprint density at radius 2 is 1.71 bits per heavy atom. The van der Waals surface area contributed by atoms with Crippen molar-refractivity contribution in [1.82, 2.24) is 24.6 Å². The molecule has 6 aliphatic rings. The number of hydrogen-bond acceptors (Lipinski definition) is 16. The average Bonchev–Trinajstić information content (AvgIpc) is 3.91. The molecule has 0 unspecified atom stereocenters. The van der Waals surface area contributed by atoms with Crippen LogP contribution in [0.3, 0.4) is 0 Å². The van der Waals surface area contributed by atoms with Crippen LogP contribution in [0.5, 0.6) is 11.6 Å². The van der Waals surface area contributed by atoms with E-state index in [4.69, 9.17) is 19.2 Å². The number of pyridine rings is 2. The van der Waals surface area contributed by atoms with E-state index < -0.39 is 43.1 Å². The van der Waals surface area contributed by atoms with Crippen molar-refractivity contribution in [2.24, 2.45) is 11.3 Å². The lowest BCUT2D eigenvalue weighted by Gasteiger charge is -2.58. The smallest absolute Gasteiger partial charge is 0.293 e. The van der Waals surface area contributed by atoms with Gasteiger partial charge in [-0.05, 0) is 151 Å². The number of aromatic nitrogens is 3. The predicted molar refractivity (Wildman–Crippen MR) is 302 cm³/mol. The molecule has 5 fully saturated rings. The Labute approximate surface area is 460 Å². The quantitative estimate of drug-likeness (QED) is 0.0590. The number of nitrogens with zero attached hydrogens (tertiary/aromatic N) is 7. The second-order valence-electron chi connectivity index (χ2n) is 23.2. The second kappa shape index (κ2) is 21.2. The van der Waals surface area contributed by atoms with E-state index in [0.29, 0.717) is 68.0 Å². The summed E-state index contributed by atoms with van der Waals surface area (Å²) < 4.78 is 49.7. The van der Waals surface area contributed by atoms with Gasteiger partial charge in [-0.3, -0.25) is 24.8 Å². The fraction of sp³-hybridized carbons (Fsp3) is 0.475. The average molecular weight is 1100 g/mol. The molecule has 4 aliphatic heterocycles. The minimum atomic E-state index is -4.64. The number of benzene rings is 3. The number of nitro benzene ring substituents is 1. The molecule has 7 heterocycles. The summed E-state index contributed by atoms with van der Waals surface area (Å²) in [4.78, 5) is 48.2. The third-order valence-electron chi connectivity index (χ3n) is 17.6. The summed E-state index contributed by atoms with van der Waals surface area (Å²) in [5.74, 6) is 0.600. The molecule has 4 N–H and O–H groups in total. The molecule has 79 heavy (non-hydrogen) atoms. The van der Waals surface area contributed by atoms with Gasteiger partial charge in [0, 0.05) is 98.9 Å². The molecule has 2 aliphatic carbocycles. The largest absolute Gasteiger partial charge is 0.491 e. The number of aromatic amines is 1. The Balaban J connectivity index is 0.809. The Bertz CT molecular complexity index is 3330. The first-order valence-corrected chi connectivity index (χ1v) is 29.5. The number of hydrogen-bond donors (Lipinski definition) is 4. The molecule has 0 radical (unpaired) electrons. The van der Waals surface area contributed by atoms with Crippen LogP contribution in [-0.4, -0.2) is 127 Å². The van der Waals surface area contributed by atoms with Crippen LogP contribution in [0.4, 0.5) is 34.1 Å². The highest BCUT2D eigenvalue weighted by Gasteiger charge is 2.51. The number of aliphatic hydroxyl groups is 1. The lowest BCUT2D eigenvalue weighted by atomic mass is 9.59. The van der Waals surface area contributed by atoms with Gasteiger partial charge in [-0.25, -0.2) is 13.1 Å². The highest BCUT2D eigenvalue weighted by atomic mass is 32.2. The van der Waals surface area contributed by atoms with E-state index in [9.17, 15) is 28.4 Å². The SMILES string of the molecule is CC(C)Oc1ccccc1[C@H]1CN(c2ccncc2)CCN1C1CC2(CCN(c3ccc(C(=O)NS(=O)(=O)c4ccc(NCC5CCC(C)(O)CC5)c([N+](=O)[O-])c4)c(N4c5cc6cc[nH]c6nc5O[C@H]5COCC[C@@H]54)c3)CC2)C1. The van der Waals surface area contributed by atoms with Crippen molar-refractivity contribution in [2.75, 3.05) is 72.5 Å². The number of carbonyl (C=O) groups is 1. The van der Waals surface area contributed by atoms with Crippen molar-refractivity contribution >= 4 is 61.1 Å². The Morgan fingerprint density at radius 3 is 2.48 bits per heavy atom. The molecule has 12 rings (SSSR count). The van der Waals surface area contributed by atoms with Crippen molar-refractivity contribution in [3.8, 4) is 11.6 Å². The highest BCUT2D eigenvalue weighted by Crippen LogP contribution is 2.54. The normalized spacial score (nSPS) is 24.3. The van der Waals surface area contributed by atoms with Gasteiger partial charge in [-0.15, -0.1) is 0 Å². The maximum Gasteiger partial charge on any atom is 0.293 e. The maximum absolute atomic E-state index is 14.8. The number of rotatable bonds is 14. The fourth-order valence-corrected chi connectivity index (χ4v) is 14.3.